The van der Waals surface area contributed by atoms with Gasteiger partial charge in [-0.15, -0.1) is 16.4 Å². The van der Waals surface area contributed by atoms with Crippen molar-refractivity contribution in [1.82, 2.24) is 25.0 Å². The number of rotatable bonds is 2. The van der Waals surface area contributed by atoms with Gasteiger partial charge in [0.1, 0.15) is 16.7 Å². The second-order valence-corrected chi connectivity index (χ2v) is 7.18. The SMILES string of the molecule is Cc1cc2nnn(-c3ncnc4scc(-c5ccccc5)c34)c2cc1C. The van der Waals surface area contributed by atoms with Gasteiger partial charge in [0.15, 0.2) is 5.82 Å². The lowest BCUT2D eigenvalue weighted by Crippen LogP contribution is -2.01. The van der Waals surface area contributed by atoms with Gasteiger partial charge in [-0.3, -0.25) is 0 Å². The maximum Gasteiger partial charge on any atom is 0.168 e. The number of benzene rings is 2. The van der Waals surface area contributed by atoms with Crippen LogP contribution in [0.25, 0.3) is 38.2 Å². The number of aryl methyl sites for hydroxylation is 2. The van der Waals surface area contributed by atoms with Gasteiger partial charge in [-0.25, -0.2) is 9.97 Å². The second-order valence-electron chi connectivity index (χ2n) is 6.32. The summed E-state index contributed by atoms with van der Waals surface area (Å²) in [7, 11) is 0. The molecule has 126 valence electrons. The highest BCUT2D eigenvalue weighted by atomic mass is 32.1. The number of aromatic nitrogens is 5. The van der Waals surface area contributed by atoms with E-state index in [-0.39, 0.29) is 0 Å². The van der Waals surface area contributed by atoms with E-state index < -0.39 is 0 Å². The van der Waals surface area contributed by atoms with Crippen LogP contribution in [0.4, 0.5) is 0 Å². The third-order valence-corrected chi connectivity index (χ3v) is 5.58. The normalized spacial score (nSPS) is 11.5. The van der Waals surface area contributed by atoms with Crippen molar-refractivity contribution in [3.05, 3.63) is 65.3 Å². The smallest absolute Gasteiger partial charge is 0.168 e. The van der Waals surface area contributed by atoms with Gasteiger partial charge in [0.2, 0.25) is 0 Å². The number of nitrogens with zero attached hydrogens (tertiary/aromatic N) is 5. The van der Waals surface area contributed by atoms with Crippen LogP contribution in [0.2, 0.25) is 0 Å². The van der Waals surface area contributed by atoms with Gasteiger partial charge in [-0.05, 0) is 42.7 Å². The fraction of sp³-hybridized carbons (Fsp3) is 0.100. The Morgan fingerprint density at radius 1 is 0.962 bits per heavy atom. The zero-order chi connectivity index (χ0) is 17.7. The van der Waals surface area contributed by atoms with E-state index in [1.54, 1.807) is 17.7 Å². The van der Waals surface area contributed by atoms with E-state index in [1.165, 1.54) is 11.1 Å². The quantitative estimate of drug-likeness (QED) is 0.459. The van der Waals surface area contributed by atoms with Crippen molar-refractivity contribution in [2.75, 3.05) is 0 Å². The van der Waals surface area contributed by atoms with E-state index in [0.29, 0.717) is 0 Å². The lowest BCUT2D eigenvalue weighted by molar-refractivity contribution is 0.805. The second kappa shape index (κ2) is 5.71. The highest BCUT2D eigenvalue weighted by Crippen LogP contribution is 2.36. The van der Waals surface area contributed by atoms with Crippen molar-refractivity contribution in [2.45, 2.75) is 13.8 Å². The molecule has 0 aliphatic heterocycles. The maximum atomic E-state index is 4.57. The largest absolute Gasteiger partial charge is 0.225 e. The van der Waals surface area contributed by atoms with Crippen LogP contribution in [0, 0.1) is 13.8 Å². The number of hydrogen-bond acceptors (Lipinski definition) is 5. The number of hydrogen-bond donors (Lipinski definition) is 0. The topological polar surface area (TPSA) is 56.5 Å². The molecule has 0 aliphatic carbocycles. The van der Waals surface area contributed by atoms with Crippen molar-refractivity contribution in [1.29, 1.82) is 0 Å². The van der Waals surface area contributed by atoms with Crippen LogP contribution in [-0.2, 0) is 0 Å². The molecule has 0 spiro atoms. The summed E-state index contributed by atoms with van der Waals surface area (Å²) in [4.78, 5) is 9.97. The lowest BCUT2D eigenvalue weighted by atomic mass is 10.1. The molecule has 3 aromatic heterocycles. The Kier molecular flexibility index (Phi) is 3.33. The molecule has 6 heteroatoms. The van der Waals surface area contributed by atoms with Gasteiger partial charge in [-0.2, -0.15) is 4.68 Å². The molecule has 0 bridgehead atoms. The zero-order valence-corrected chi connectivity index (χ0v) is 15.2. The van der Waals surface area contributed by atoms with E-state index >= 15 is 0 Å². The van der Waals surface area contributed by atoms with Gasteiger partial charge >= 0.3 is 0 Å². The molecule has 26 heavy (non-hydrogen) atoms. The first-order valence-corrected chi connectivity index (χ1v) is 9.21. The van der Waals surface area contributed by atoms with E-state index in [0.717, 1.165) is 38.2 Å². The molecule has 5 aromatic rings. The summed E-state index contributed by atoms with van der Waals surface area (Å²) in [5, 5.41) is 11.9. The van der Waals surface area contributed by atoms with E-state index in [4.69, 9.17) is 0 Å². The molecule has 0 saturated carbocycles. The van der Waals surface area contributed by atoms with E-state index in [1.807, 2.05) is 22.9 Å². The zero-order valence-electron chi connectivity index (χ0n) is 14.3. The summed E-state index contributed by atoms with van der Waals surface area (Å²) in [6.45, 7) is 4.19. The molecular weight excluding hydrogens is 342 g/mol. The summed E-state index contributed by atoms with van der Waals surface area (Å²) in [6.07, 6.45) is 1.59. The molecule has 0 aliphatic rings. The first-order valence-electron chi connectivity index (χ1n) is 8.33. The highest BCUT2D eigenvalue weighted by Gasteiger charge is 2.17. The van der Waals surface area contributed by atoms with Crippen LogP contribution in [0.1, 0.15) is 11.1 Å². The molecule has 0 unspecified atom stereocenters. The molecule has 0 saturated heterocycles. The minimum absolute atomic E-state index is 0.765. The molecule has 0 N–H and O–H groups in total. The van der Waals surface area contributed by atoms with E-state index in [2.05, 4.69) is 63.8 Å². The molecule has 0 atom stereocenters. The van der Waals surface area contributed by atoms with Crippen LogP contribution in [0.15, 0.2) is 54.2 Å². The predicted octanol–water partition coefficient (Wildman–Crippen LogP) is 4.71. The van der Waals surface area contributed by atoms with Crippen LogP contribution < -0.4 is 0 Å². The standard InChI is InChI=1S/C20H15N5S/c1-12-8-16-17(9-13(12)2)25(24-23-16)19-18-15(14-6-4-3-5-7-14)10-26-20(18)22-11-21-19/h3-11H,1-2H3. The summed E-state index contributed by atoms with van der Waals surface area (Å²) < 4.78 is 1.82. The van der Waals surface area contributed by atoms with Gasteiger partial charge in [-0.1, -0.05) is 35.5 Å². The molecule has 2 aromatic carbocycles. The Morgan fingerprint density at radius 3 is 2.62 bits per heavy atom. The molecule has 0 fully saturated rings. The summed E-state index contributed by atoms with van der Waals surface area (Å²) >= 11 is 1.62. The van der Waals surface area contributed by atoms with Crippen molar-refractivity contribution in [2.24, 2.45) is 0 Å². The Labute approximate surface area is 154 Å². The van der Waals surface area contributed by atoms with Crippen molar-refractivity contribution in [3.63, 3.8) is 0 Å². The van der Waals surface area contributed by atoms with Gasteiger partial charge in [0.25, 0.3) is 0 Å². The van der Waals surface area contributed by atoms with Crippen molar-refractivity contribution in [3.8, 4) is 16.9 Å². The van der Waals surface area contributed by atoms with Crippen LogP contribution in [0.5, 0.6) is 0 Å². The van der Waals surface area contributed by atoms with Crippen LogP contribution in [-0.4, -0.2) is 25.0 Å². The summed E-state index contributed by atoms with van der Waals surface area (Å²) in [6, 6.07) is 14.5. The number of fused-ring (bicyclic) bond motifs is 2. The predicted molar refractivity (Wildman–Crippen MR) is 105 cm³/mol. The average Bonchev–Trinajstić information content (AvgIpc) is 3.27. The van der Waals surface area contributed by atoms with E-state index in [9.17, 15) is 0 Å². The number of thiophene rings is 1. The first kappa shape index (κ1) is 15.2. The molecular formula is C20H15N5S. The molecule has 5 rings (SSSR count). The minimum Gasteiger partial charge on any atom is -0.225 e. The molecule has 0 amide bonds. The van der Waals surface area contributed by atoms with Gasteiger partial charge in [0.05, 0.1) is 10.9 Å². The monoisotopic (exact) mass is 357 g/mol. The summed E-state index contributed by atoms with van der Waals surface area (Å²) in [5.41, 5.74) is 6.51. The Hall–Kier alpha value is -3.12. The average molecular weight is 357 g/mol. The summed E-state index contributed by atoms with van der Waals surface area (Å²) in [5.74, 6) is 0.765. The maximum absolute atomic E-state index is 4.57. The lowest BCUT2D eigenvalue weighted by Gasteiger charge is -2.07. The van der Waals surface area contributed by atoms with Crippen molar-refractivity contribution >= 4 is 32.6 Å². The molecule has 3 heterocycles. The van der Waals surface area contributed by atoms with Gasteiger partial charge < -0.3 is 0 Å². The highest BCUT2D eigenvalue weighted by molar-refractivity contribution is 7.17. The van der Waals surface area contributed by atoms with Crippen LogP contribution >= 0.6 is 11.3 Å². The van der Waals surface area contributed by atoms with Crippen molar-refractivity contribution < 1.29 is 0 Å². The van der Waals surface area contributed by atoms with Crippen LogP contribution in [0.3, 0.4) is 0 Å². The third kappa shape index (κ3) is 2.23. The Bertz CT molecular complexity index is 1250. The third-order valence-electron chi connectivity index (χ3n) is 4.70. The fourth-order valence-electron chi connectivity index (χ4n) is 3.18. The van der Waals surface area contributed by atoms with Gasteiger partial charge in [0, 0.05) is 10.9 Å². The Balaban J connectivity index is 1.83. The fourth-order valence-corrected chi connectivity index (χ4v) is 4.09. The minimum atomic E-state index is 0.765. The Morgan fingerprint density at radius 2 is 1.77 bits per heavy atom. The molecule has 0 radical (unpaired) electrons. The molecule has 5 nitrogen and oxygen atoms in total. The first-order chi connectivity index (χ1) is 12.7.